The SMILES string of the molecule is Cc1ccc(CCNNC(=O)[C@@]2(Cc3ccccc3)N=C(c3ccc(OCCCO)cc3)O[C@H]2c2ccccc2)cc1. The molecule has 1 aliphatic rings. The number of hydrogen-bond donors (Lipinski definition) is 3. The zero-order chi connectivity index (χ0) is 29.2. The third-order valence-corrected chi connectivity index (χ3v) is 7.31. The Morgan fingerprint density at radius 2 is 1.60 bits per heavy atom. The van der Waals surface area contributed by atoms with Gasteiger partial charge in [-0.25, -0.2) is 10.4 Å². The minimum atomic E-state index is -1.26. The van der Waals surface area contributed by atoms with Crippen LogP contribution in [-0.2, 0) is 22.4 Å². The van der Waals surface area contributed by atoms with Crippen LogP contribution >= 0.6 is 0 Å². The van der Waals surface area contributed by atoms with E-state index in [0.29, 0.717) is 37.6 Å². The van der Waals surface area contributed by atoms with Crippen LogP contribution < -0.4 is 15.6 Å². The van der Waals surface area contributed by atoms with E-state index in [1.165, 1.54) is 11.1 Å². The minimum Gasteiger partial charge on any atom is -0.494 e. The number of nitrogens with zero attached hydrogens (tertiary/aromatic N) is 1. The molecule has 7 heteroatoms. The van der Waals surface area contributed by atoms with Crippen LogP contribution in [0.25, 0.3) is 0 Å². The maximum atomic E-state index is 14.2. The first-order chi connectivity index (χ1) is 20.6. The van der Waals surface area contributed by atoms with E-state index in [0.717, 1.165) is 23.1 Å². The van der Waals surface area contributed by atoms with Crippen molar-refractivity contribution in [1.82, 2.24) is 10.9 Å². The van der Waals surface area contributed by atoms with Gasteiger partial charge in [-0.1, -0.05) is 90.5 Å². The molecule has 42 heavy (non-hydrogen) atoms. The molecule has 0 saturated carbocycles. The van der Waals surface area contributed by atoms with Crippen molar-refractivity contribution in [2.45, 2.75) is 37.8 Å². The average Bonchev–Trinajstić information content (AvgIpc) is 3.42. The number of hydrazine groups is 1. The maximum Gasteiger partial charge on any atom is 0.266 e. The first-order valence-corrected chi connectivity index (χ1v) is 14.4. The van der Waals surface area contributed by atoms with Gasteiger partial charge < -0.3 is 14.6 Å². The normalized spacial score (nSPS) is 17.8. The first-order valence-electron chi connectivity index (χ1n) is 14.4. The Morgan fingerprint density at radius 1 is 0.905 bits per heavy atom. The molecule has 4 aromatic carbocycles. The molecule has 3 N–H and O–H groups in total. The zero-order valence-electron chi connectivity index (χ0n) is 23.8. The average molecular weight is 564 g/mol. The van der Waals surface area contributed by atoms with E-state index in [2.05, 4.69) is 42.0 Å². The summed E-state index contributed by atoms with van der Waals surface area (Å²) in [5.74, 6) is 0.830. The van der Waals surface area contributed by atoms with Gasteiger partial charge in [0.1, 0.15) is 5.75 Å². The van der Waals surface area contributed by atoms with Gasteiger partial charge in [0.2, 0.25) is 5.90 Å². The van der Waals surface area contributed by atoms with E-state index in [1.807, 2.05) is 84.9 Å². The molecule has 1 heterocycles. The highest BCUT2D eigenvalue weighted by Gasteiger charge is 2.53. The predicted octanol–water partition coefficient (Wildman–Crippen LogP) is 5.12. The highest BCUT2D eigenvalue weighted by Crippen LogP contribution is 2.42. The summed E-state index contributed by atoms with van der Waals surface area (Å²) in [7, 11) is 0. The molecular formula is C35H37N3O4. The smallest absolute Gasteiger partial charge is 0.266 e. The maximum absolute atomic E-state index is 14.2. The first kappa shape index (κ1) is 29.0. The lowest BCUT2D eigenvalue weighted by atomic mass is 9.82. The second-order valence-corrected chi connectivity index (χ2v) is 10.5. The number of ether oxygens (including phenoxy) is 2. The fourth-order valence-corrected chi connectivity index (χ4v) is 5.03. The standard InChI is InChI=1S/C35H37N3O4/c1-26-13-15-27(16-14-26)21-22-36-38-34(40)35(25-28-9-4-2-5-10-28)32(29-11-6-3-7-12-29)42-33(37-35)30-17-19-31(20-18-30)41-24-8-23-39/h2-7,9-20,32,36,39H,8,21-25H2,1H3,(H,38,40)/t32-,35-/m0/s1. The van der Waals surface area contributed by atoms with Crippen molar-refractivity contribution in [2.75, 3.05) is 19.8 Å². The number of rotatable bonds is 13. The van der Waals surface area contributed by atoms with Gasteiger partial charge >= 0.3 is 0 Å². The number of carbonyl (C=O) groups excluding carboxylic acids is 1. The largest absolute Gasteiger partial charge is 0.494 e. The molecule has 0 aliphatic carbocycles. The highest BCUT2D eigenvalue weighted by atomic mass is 16.5. The van der Waals surface area contributed by atoms with Gasteiger partial charge in [0.15, 0.2) is 11.6 Å². The van der Waals surface area contributed by atoms with E-state index in [9.17, 15) is 4.79 Å². The van der Waals surface area contributed by atoms with Gasteiger partial charge in [-0.15, -0.1) is 0 Å². The minimum absolute atomic E-state index is 0.0793. The van der Waals surface area contributed by atoms with Crippen LogP contribution in [0.2, 0.25) is 0 Å². The number of aliphatic hydroxyl groups excluding tert-OH is 1. The van der Waals surface area contributed by atoms with Crippen LogP contribution in [0.5, 0.6) is 5.75 Å². The zero-order valence-corrected chi connectivity index (χ0v) is 23.8. The van der Waals surface area contributed by atoms with Crippen molar-refractivity contribution in [3.8, 4) is 5.75 Å². The van der Waals surface area contributed by atoms with Crippen LogP contribution in [0.15, 0.2) is 114 Å². The third-order valence-electron chi connectivity index (χ3n) is 7.31. The molecule has 216 valence electrons. The lowest BCUT2D eigenvalue weighted by molar-refractivity contribution is -0.130. The topological polar surface area (TPSA) is 92.2 Å². The molecule has 0 unspecified atom stereocenters. The van der Waals surface area contributed by atoms with E-state index >= 15 is 0 Å². The van der Waals surface area contributed by atoms with Crippen LogP contribution in [0.3, 0.4) is 0 Å². The number of aliphatic imine (C=N–C) groups is 1. The number of benzene rings is 4. The van der Waals surface area contributed by atoms with Crippen molar-refractivity contribution in [1.29, 1.82) is 0 Å². The Balaban J connectivity index is 1.43. The molecule has 0 saturated heterocycles. The molecule has 0 fully saturated rings. The number of carbonyl (C=O) groups is 1. The molecule has 0 aromatic heterocycles. The fourth-order valence-electron chi connectivity index (χ4n) is 5.03. The molecule has 2 atom stereocenters. The van der Waals surface area contributed by atoms with Crippen molar-refractivity contribution < 1.29 is 19.4 Å². The highest BCUT2D eigenvalue weighted by molar-refractivity contribution is 6.01. The van der Waals surface area contributed by atoms with Gasteiger partial charge in [-0.05, 0) is 54.3 Å². The Bertz CT molecular complexity index is 1460. The Labute approximate surface area is 247 Å². The molecule has 0 radical (unpaired) electrons. The molecule has 1 aliphatic heterocycles. The number of hydrogen-bond acceptors (Lipinski definition) is 6. The molecule has 7 nitrogen and oxygen atoms in total. The van der Waals surface area contributed by atoms with Gasteiger partial charge in [-0.3, -0.25) is 10.2 Å². The van der Waals surface area contributed by atoms with Crippen molar-refractivity contribution >= 4 is 11.8 Å². The summed E-state index contributed by atoms with van der Waals surface area (Å²) in [6.45, 7) is 3.15. The predicted molar refractivity (Wildman–Crippen MR) is 164 cm³/mol. The van der Waals surface area contributed by atoms with Crippen molar-refractivity contribution in [3.63, 3.8) is 0 Å². The number of aryl methyl sites for hydroxylation is 1. The fraction of sp³-hybridized carbons (Fsp3) is 0.257. The lowest BCUT2D eigenvalue weighted by Gasteiger charge is -2.30. The molecule has 0 bridgehead atoms. The number of amides is 1. The quantitative estimate of drug-likeness (QED) is 0.155. The summed E-state index contributed by atoms with van der Waals surface area (Å²) < 4.78 is 12.2. The second kappa shape index (κ2) is 13.9. The van der Waals surface area contributed by atoms with Crippen LogP contribution in [0, 0.1) is 6.92 Å². The van der Waals surface area contributed by atoms with Crippen LogP contribution in [-0.4, -0.2) is 42.2 Å². The summed E-state index contributed by atoms with van der Waals surface area (Å²) in [6.07, 6.45) is 1.04. The lowest BCUT2D eigenvalue weighted by Crippen LogP contribution is -2.54. The monoisotopic (exact) mass is 563 g/mol. The van der Waals surface area contributed by atoms with Crippen molar-refractivity contribution in [2.24, 2.45) is 4.99 Å². The van der Waals surface area contributed by atoms with Gasteiger partial charge in [-0.2, -0.15) is 0 Å². The Hall–Kier alpha value is -4.46. The van der Waals surface area contributed by atoms with Gasteiger partial charge in [0, 0.05) is 31.6 Å². The van der Waals surface area contributed by atoms with Crippen LogP contribution in [0.1, 0.15) is 40.3 Å². The van der Waals surface area contributed by atoms with E-state index in [-0.39, 0.29) is 12.5 Å². The summed E-state index contributed by atoms with van der Waals surface area (Å²) >= 11 is 0. The molecule has 5 rings (SSSR count). The summed E-state index contributed by atoms with van der Waals surface area (Å²) in [5.41, 5.74) is 9.84. The van der Waals surface area contributed by atoms with Crippen molar-refractivity contribution in [3.05, 3.63) is 137 Å². The molecular weight excluding hydrogens is 526 g/mol. The van der Waals surface area contributed by atoms with E-state index < -0.39 is 11.6 Å². The van der Waals surface area contributed by atoms with Gasteiger partial charge in [0.05, 0.1) is 6.61 Å². The summed E-state index contributed by atoms with van der Waals surface area (Å²) in [4.78, 5) is 19.3. The second-order valence-electron chi connectivity index (χ2n) is 10.5. The summed E-state index contributed by atoms with van der Waals surface area (Å²) in [6, 6.07) is 35.5. The molecule has 4 aromatic rings. The van der Waals surface area contributed by atoms with E-state index in [1.54, 1.807) is 0 Å². The number of nitrogens with one attached hydrogen (secondary N) is 2. The van der Waals surface area contributed by atoms with Gasteiger partial charge in [0.25, 0.3) is 5.91 Å². The third kappa shape index (κ3) is 7.05. The Kier molecular flexibility index (Phi) is 9.64. The molecule has 0 spiro atoms. The van der Waals surface area contributed by atoms with Crippen LogP contribution in [0.4, 0.5) is 0 Å². The van der Waals surface area contributed by atoms with E-state index in [4.69, 9.17) is 19.6 Å². The Morgan fingerprint density at radius 3 is 2.29 bits per heavy atom. The molecule has 1 amide bonds. The number of aliphatic hydroxyl groups is 1. The summed E-state index contributed by atoms with van der Waals surface area (Å²) in [5, 5.41) is 9.03.